The van der Waals surface area contributed by atoms with Gasteiger partial charge < -0.3 is 10.1 Å². The highest BCUT2D eigenvalue weighted by Crippen LogP contribution is 2.28. The van der Waals surface area contributed by atoms with Crippen molar-refractivity contribution >= 4 is 38.6 Å². The van der Waals surface area contributed by atoms with Gasteiger partial charge in [-0.05, 0) is 18.4 Å². The van der Waals surface area contributed by atoms with E-state index in [4.69, 9.17) is 11.6 Å². The van der Waals surface area contributed by atoms with Crippen LogP contribution in [0.4, 0.5) is 0 Å². The van der Waals surface area contributed by atoms with Crippen molar-refractivity contribution in [2.75, 3.05) is 0 Å². The van der Waals surface area contributed by atoms with Crippen molar-refractivity contribution in [2.24, 2.45) is 5.92 Å². The molecule has 2 rings (SSSR count). The number of nitrogens with zero attached hydrogens (tertiary/aromatic N) is 1. The van der Waals surface area contributed by atoms with Crippen LogP contribution in [0.25, 0.3) is 11.0 Å². The number of halogens is 1. The van der Waals surface area contributed by atoms with Gasteiger partial charge in [-0.1, -0.05) is 25.4 Å². The van der Waals surface area contributed by atoms with Crippen LogP contribution in [-0.4, -0.2) is 35.5 Å². The predicted molar refractivity (Wildman–Crippen MR) is 82.3 cm³/mol. The Balaban J connectivity index is 2.42. The van der Waals surface area contributed by atoms with Gasteiger partial charge in [-0.3, -0.25) is 4.79 Å². The molecule has 0 aliphatic carbocycles. The maximum Gasteiger partial charge on any atom is 0.321 e. The van der Waals surface area contributed by atoms with Crippen LogP contribution in [0.3, 0.4) is 0 Å². The number of aliphatic carboxylic acids is 1. The molecule has 2 aromatic heterocycles. The first-order valence-electron chi connectivity index (χ1n) is 6.59. The van der Waals surface area contributed by atoms with Crippen LogP contribution < -0.4 is 4.72 Å². The van der Waals surface area contributed by atoms with Gasteiger partial charge in [0.25, 0.3) is 0 Å². The van der Waals surface area contributed by atoms with Crippen LogP contribution in [-0.2, 0) is 14.8 Å². The summed E-state index contributed by atoms with van der Waals surface area (Å²) in [4.78, 5) is 17.8. The van der Waals surface area contributed by atoms with Crippen molar-refractivity contribution in [3.8, 4) is 0 Å². The Kier molecular flexibility index (Phi) is 4.74. The van der Waals surface area contributed by atoms with Crippen LogP contribution in [0.15, 0.2) is 23.4 Å². The van der Waals surface area contributed by atoms with Gasteiger partial charge in [0, 0.05) is 12.4 Å². The molecule has 22 heavy (non-hydrogen) atoms. The normalized spacial score (nSPS) is 13.6. The molecule has 0 aliphatic rings. The van der Waals surface area contributed by atoms with Gasteiger partial charge in [-0.25, -0.2) is 13.4 Å². The van der Waals surface area contributed by atoms with Gasteiger partial charge in [-0.2, -0.15) is 4.72 Å². The Hall–Kier alpha value is -1.64. The molecule has 2 aromatic rings. The lowest BCUT2D eigenvalue weighted by Crippen LogP contribution is -2.41. The van der Waals surface area contributed by atoms with Crippen molar-refractivity contribution in [3.63, 3.8) is 0 Å². The number of aromatic nitrogens is 2. The van der Waals surface area contributed by atoms with Crippen LogP contribution >= 0.6 is 11.6 Å². The molecular formula is C13H16ClN3O4S. The number of aromatic amines is 1. The van der Waals surface area contributed by atoms with Crippen LogP contribution in [0.5, 0.6) is 0 Å². The van der Waals surface area contributed by atoms with E-state index in [1.165, 1.54) is 18.5 Å². The number of H-pyrrole nitrogens is 1. The number of pyridine rings is 1. The van der Waals surface area contributed by atoms with Crippen molar-refractivity contribution in [1.82, 2.24) is 14.7 Å². The fourth-order valence-corrected chi connectivity index (χ4v) is 3.81. The van der Waals surface area contributed by atoms with Crippen molar-refractivity contribution in [1.29, 1.82) is 0 Å². The highest BCUT2D eigenvalue weighted by atomic mass is 35.5. The predicted octanol–water partition coefficient (Wildman–Crippen LogP) is 1.99. The molecule has 120 valence electrons. The summed E-state index contributed by atoms with van der Waals surface area (Å²) in [5, 5.41) is 9.64. The van der Waals surface area contributed by atoms with Crippen molar-refractivity contribution < 1.29 is 18.3 Å². The monoisotopic (exact) mass is 345 g/mol. The Morgan fingerprint density at radius 2 is 2.18 bits per heavy atom. The summed E-state index contributed by atoms with van der Waals surface area (Å²) in [6.07, 6.45) is 2.88. The standard InChI is InChI=1S/C13H16ClN3O4S/c1-7(2)5-9(13(18)19)17-22(20,21)10-6-16-12-11(10)8(14)3-4-15-12/h3-4,6-7,9,17H,5H2,1-2H3,(H,15,16)(H,18,19)/t9-/m1/s1. The molecule has 0 bridgehead atoms. The lowest BCUT2D eigenvalue weighted by molar-refractivity contribution is -0.139. The second-order valence-electron chi connectivity index (χ2n) is 5.31. The zero-order valence-electron chi connectivity index (χ0n) is 12.0. The average Bonchev–Trinajstić information content (AvgIpc) is 2.83. The minimum absolute atomic E-state index is 0.0250. The van der Waals surface area contributed by atoms with E-state index in [0.29, 0.717) is 5.65 Å². The highest BCUT2D eigenvalue weighted by molar-refractivity contribution is 7.89. The topological polar surface area (TPSA) is 112 Å². The molecular weight excluding hydrogens is 330 g/mol. The molecule has 0 aliphatic heterocycles. The number of hydrogen-bond donors (Lipinski definition) is 3. The van der Waals surface area contributed by atoms with Gasteiger partial charge >= 0.3 is 5.97 Å². The minimum atomic E-state index is -4.04. The average molecular weight is 346 g/mol. The zero-order chi connectivity index (χ0) is 16.5. The summed E-state index contributed by atoms with van der Waals surface area (Å²) in [7, 11) is -4.04. The van der Waals surface area contributed by atoms with Crippen LogP contribution in [0, 0.1) is 5.92 Å². The molecule has 0 aromatic carbocycles. The Morgan fingerprint density at radius 3 is 2.77 bits per heavy atom. The molecule has 0 fully saturated rings. The molecule has 1 atom stereocenters. The minimum Gasteiger partial charge on any atom is -0.480 e. The highest BCUT2D eigenvalue weighted by Gasteiger charge is 2.28. The van der Waals surface area contributed by atoms with E-state index in [2.05, 4.69) is 14.7 Å². The molecule has 7 nitrogen and oxygen atoms in total. The van der Waals surface area contributed by atoms with E-state index in [1.807, 2.05) is 13.8 Å². The second-order valence-corrected chi connectivity index (χ2v) is 7.40. The van der Waals surface area contributed by atoms with E-state index in [-0.39, 0.29) is 27.6 Å². The third kappa shape index (κ3) is 3.40. The van der Waals surface area contributed by atoms with Crippen molar-refractivity contribution in [3.05, 3.63) is 23.5 Å². The van der Waals surface area contributed by atoms with Gasteiger partial charge in [0.2, 0.25) is 10.0 Å². The van der Waals surface area contributed by atoms with Gasteiger partial charge in [0.05, 0.1) is 10.4 Å². The Bertz CT molecular complexity index is 801. The summed E-state index contributed by atoms with van der Waals surface area (Å²) < 4.78 is 27.2. The molecule has 0 saturated carbocycles. The zero-order valence-corrected chi connectivity index (χ0v) is 13.6. The molecule has 3 N–H and O–H groups in total. The summed E-state index contributed by atoms with van der Waals surface area (Å²) in [6.45, 7) is 3.63. The van der Waals surface area contributed by atoms with Crippen LogP contribution in [0.2, 0.25) is 5.02 Å². The third-order valence-electron chi connectivity index (χ3n) is 3.08. The molecule has 0 spiro atoms. The summed E-state index contributed by atoms with van der Waals surface area (Å²) in [6, 6.07) is 0.268. The third-order valence-corrected chi connectivity index (χ3v) is 4.89. The number of carbonyl (C=O) groups is 1. The SMILES string of the molecule is CC(C)C[C@@H](NS(=O)(=O)c1c[nH]c2nccc(Cl)c12)C(=O)O. The molecule has 0 unspecified atom stereocenters. The summed E-state index contributed by atoms with van der Waals surface area (Å²) >= 11 is 6.02. The first-order valence-corrected chi connectivity index (χ1v) is 8.45. The van der Waals surface area contributed by atoms with E-state index in [0.717, 1.165) is 0 Å². The number of hydrogen-bond acceptors (Lipinski definition) is 4. The number of carboxylic acids is 1. The fraction of sp³-hybridized carbons (Fsp3) is 0.385. The lowest BCUT2D eigenvalue weighted by Gasteiger charge is -2.16. The Morgan fingerprint density at radius 1 is 1.50 bits per heavy atom. The van der Waals surface area contributed by atoms with E-state index in [9.17, 15) is 18.3 Å². The number of carboxylic acid groups (broad SMARTS) is 1. The van der Waals surface area contributed by atoms with E-state index >= 15 is 0 Å². The maximum atomic E-state index is 12.5. The first kappa shape index (κ1) is 16.7. The molecule has 9 heteroatoms. The largest absolute Gasteiger partial charge is 0.480 e. The Labute approximate surface area is 132 Å². The van der Waals surface area contributed by atoms with E-state index in [1.54, 1.807) is 0 Å². The summed E-state index contributed by atoms with van der Waals surface area (Å²) in [5.41, 5.74) is 0.323. The number of rotatable bonds is 6. The molecule has 0 radical (unpaired) electrons. The maximum absolute atomic E-state index is 12.5. The quantitative estimate of drug-likeness (QED) is 0.741. The first-order chi connectivity index (χ1) is 10.2. The molecule has 0 saturated heterocycles. The number of fused-ring (bicyclic) bond motifs is 1. The van der Waals surface area contributed by atoms with Gasteiger partial charge in [0.15, 0.2) is 0 Å². The lowest BCUT2D eigenvalue weighted by atomic mass is 10.1. The van der Waals surface area contributed by atoms with E-state index < -0.39 is 22.0 Å². The molecule has 0 amide bonds. The number of nitrogens with one attached hydrogen (secondary N) is 2. The summed E-state index contributed by atoms with van der Waals surface area (Å²) in [5.74, 6) is -1.20. The van der Waals surface area contributed by atoms with Gasteiger partial charge in [0.1, 0.15) is 16.6 Å². The number of sulfonamides is 1. The smallest absolute Gasteiger partial charge is 0.321 e. The fourth-order valence-electron chi connectivity index (χ4n) is 2.12. The molecule has 2 heterocycles. The van der Waals surface area contributed by atoms with Gasteiger partial charge in [-0.15, -0.1) is 0 Å². The van der Waals surface area contributed by atoms with Crippen molar-refractivity contribution in [2.45, 2.75) is 31.2 Å². The second kappa shape index (κ2) is 6.23. The van der Waals surface area contributed by atoms with Crippen LogP contribution in [0.1, 0.15) is 20.3 Å².